The van der Waals surface area contributed by atoms with E-state index in [1.165, 1.54) is 12.8 Å². The van der Waals surface area contributed by atoms with E-state index in [0.717, 1.165) is 53.0 Å². The number of nitrogens with one attached hydrogen (secondary N) is 1. The minimum atomic E-state index is 0.183. The molecule has 1 atom stereocenters. The molecule has 7 nitrogen and oxygen atoms in total. The molecular formula is C24H26N6O. The summed E-state index contributed by atoms with van der Waals surface area (Å²) in [7, 11) is 1.87. The Balaban J connectivity index is 1.28. The zero-order chi connectivity index (χ0) is 21.2. The van der Waals surface area contributed by atoms with Crippen LogP contribution in [-0.2, 0) is 7.05 Å². The molecule has 2 fully saturated rings. The second kappa shape index (κ2) is 6.65. The van der Waals surface area contributed by atoms with E-state index in [2.05, 4.69) is 28.3 Å². The van der Waals surface area contributed by atoms with Gasteiger partial charge in [0.25, 0.3) is 0 Å². The minimum absolute atomic E-state index is 0.183. The molecule has 7 heteroatoms. The molecule has 3 aromatic heterocycles. The lowest BCUT2D eigenvalue weighted by Crippen LogP contribution is -2.40. The number of aromatic nitrogens is 4. The zero-order valence-corrected chi connectivity index (χ0v) is 17.8. The van der Waals surface area contributed by atoms with E-state index >= 15 is 0 Å². The molecule has 4 aromatic rings. The fourth-order valence-electron chi connectivity index (χ4n) is 4.63. The first-order chi connectivity index (χ1) is 15.0. The van der Waals surface area contributed by atoms with Crippen LogP contribution in [0.3, 0.4) is 0 Å². The number of anilines is 1. The summed E-state index contributed by atoms with van der Waals surface area (Å²) >= 11 is 0. The van der Waals surface area contributed by atoms with Crippen molar-refractivity contribution >= 4 is 27.8 Å². The van der Waals surface area contributed by atoms with Crippen LogP contribution in [0.5, 0.6) is 5.75 Å². The molecule has 31 heavy (non-hydrogen) atoms. The lowest BCUT2D eigenvalue weighted by atomic mass is 10.1. The van der Waals surface area contributed by atoms with Crippen molar-refractivity contribution in [3.05, 3.63) is 42.6 Å². The van der Waals surface area contributed by atoms with Gasteiger partial charge in [-0.3, -0.25) is 4.68 Å². The summed E-state index contributed by atoms with van der Waals surface area (Å²) in [6.07, 6.45) is 5.67. The van der Waals surface area contributed by atoms with E-state index in [1.54, 1.807) is 10.7 Å². The molecule has 1 saturated carbocycles. The van der Waals surface area contributed by atoms with Crippen molar-refractivity contribution in [1.29, 1.82) is 0 Å². The third-order valence-corrected chi connectivity index (χ3v) is 6.60. The number of fused-ring (bicyclic) bond motifs is 2. The summed E-state index contributed by atoms with van der Waals surface area (Å²) in [6.45, 7) is 4.34. The maximum absolute atomic E-state index is 10.5. The van der Waals surface area contributed by atoms with Gasteiger partial charge in [0.05, 0.1) is 22.2 Å². The van der Waals surface area contributed by atoms with Gasteiger partial charge in [0, 0.05) is 54.9 Å². The molecule has 2 aliphatic rings. The predicted octanol–water partition coefficient (Wildman–Crippen LogP) is 3.61. The Morgan fingerprint density at radius 3 is 2.71 bits per heavy atom. The summed E-state index contributed by atoms with van der Waals surface area (Å²) in [5.74, 6) is 1.19. The van der Waals surface area contributed by atoms with Crippen molar-refractivity contribution in [1.82, 2.24) is 25.1 Å². The van der Waals surface area contributed by atoms with Crippen molar-refractivity contribution in [2.45, 2.75) is 37.8 Å². The van der Waals surface area contributed by atoms with Crippen molar-refractivity contribution in [2.75, 3.05) is 18.0 Å². The van der Waals surface area contributed by atoms with Crippen LogP contribution in [-0.4, -0.2) is 49.5 Å². The van der Waals surface area contributed by atoms with E-state index < -0.39 is 0 Å². The van der Waals surface area contributed by atoms with Gasteiger partial charge in [0.1, 0.15) is 11.6 Å². The molecule has 0 unspecified atom stereocenters. The summed E-state index contributed by atoms with van der Waals surface area (Å²) < 4.78 is 1.75. The highest BCUT2D eigenvalue weighted by Crippen LogP contribution is 2.36. The van der Waals surface area contributed by atoms with Gasteiger partial charge in [-0.2, -0.15) is 5.10 Å². The summed E-state index contributed by atoms with van der Waals surface area (Å²) in [5.41, 5.74) is 4.26. The number of aryl methyl sites for hydroxylation is 1. The number of nitrogens with zero attached hydrogens (tertiary/aromatic N) is 5. The highest BCUT2D eigenvalue weighted by Gasteiger charge is 2.40. The van der Waals surface area contributed by atoms with E-state index in [0.29, 0.717) is 17.1 Å². The summed E-state index contributed by atoms with van der Waals surface area (Å²) in [5, 5.41) is 19.6. The summed E-state index contributed by atoms with van der Waals surface area (Å²) in [6, 6.07) is 12.2. The van der Waals surface area contributed by atoms with Crippen molar-refractivity contribution in [2.24, 2.45) is 7.05 Å². The zero-order valence-electron chi connectivity index (χ0n) is 17.8. The van der Waals surface area contributed by atoms with Crippen LogP contribution in [0, 0.1) is 0 Å². The SMILES string of the molecule is Cn1cc2cc(-c3ccc4nc(N5CC[C@H](NC6(C)CC6)C5)ccc4n3)c(O)cc2n1. The quantitative estimate of drug-likeness (QED) is 0.531. The Bertz CT molecular complexity index is 1310. The molecule has 0 amide bonds. The minimum Gasteiger partial charge on any atom is -0.507 e. The molecule has 0 radical (unpaired) electrons. The van der Waals surface area contributed by atoms with E-state index in [4.69, 9.17) is 9.97 Å². The van der Waals surface area contributed by atoms with Gasteiger partial charge in [-0.05, 0) is 56.5 Å². The Labute approximate surface area is 180 Å². The smallest absolute Gasteiger partial charge is 0.129 e. The molecule has 1 saturated heterocycles. The Hall–Kier alpha value is -3.19. The van der Waals surface area contributed by atoms with Crippen LogP contribution in [0.4, 0.5) is 5.82 Å². The first-order valence-electron chi connectivity index (χ1n) is 10.9. The first-order valence-corrected chi connectivity index (χ1v) is 10.9. The molecular weight excluding hydrogens is 388 g/mol. The Morgan fingerprint density at radius 1 is 1.06 bits per heavy atom. The van der Waals surface area contributed by atoms with Gasteiger partial charge < -0.3 is 15.3 Å². The number of hydrogen-bond donors (Lipinski definition) is 2. The monoisotopic (exact) mass is 414 g/mol. The number of phenolic OH excluding ortho intramolecular Hbond substituents is 1. The van der Waals surface area contributed by atoms with Crippen molar-refractivity contribution in [3.63, 3.8) is 0 Å². The van der Waals surface area contributed by atoms with Gasteiger partial charge in [-0.1, -0.05) is 0 Å². The Morgan fingerprint density at radius 2 is 1.87 bits per heavy atom. The third kappa shape index (κ3) is 3.39. The molecule has 0 spiro atoms. The number of rotatable bonds is 4. The molecule has 1 aliphatic carbocycles. The lowest BCUT2D eigenvalue weighted by molar-refractivity contribution is 0.455. The van der Waals surface area contributed by atoms with Gasteiger partial charge >= 0.3 is 0 Å². The highest BCUT2D eigenvalue weighted by atomic mass is 16.3. The highest BCUT2D eigenvalue weighted by molar-refractivity contribution is 5.88. The fourth-order valence-corrected chi connectivity index (χ4v) is 4.63. The maximum Gasteiger partial charge on any atom is 0.129 e. The maximum atomic E-state index is 10.5. The van der Waals surface area contributed by atoms with E-state index in [9.17, 15) is 5.11 Å². The number of pyridine rings is 2. The molecule has 158 valence electrons. The Kier molecular flexibility index (Phi) is 3.99. The number of benzene rings is 1. The van der Waals surface area contributed by atoms with Crippen LogP contribution in [0.1, 0.15) is 26.2 Å². The normalized spacial score (nSPS) is 20.1. The fraction of sp³-hybridized carbons (Fsp3) is 0.375. The van der Waals surface area contributed by atoms with Gasteiger partial charge in [-0.25, -0.2) is 9.97 Å². The second-order valence-corrected chi connectivity index (χ2v) is 9.27. The largest absolute Gasteiger partial charge is 0.507 e. The van der Waals surface area contributed by atoms with Crippen LogP contribution in [0.2, 0.25) is 0 Å². The van der Waals surface area contributed by atoms with Gasteiger partial charge in [0.2, 0.25) is 0 Å². The topological polar surface area (TPSA) is 79.1 Å². The lowest BCUT2D eigenvalue weighted by Gasteiger charge is -2.20. The molecule has 1 aliphatic heterocycles. The average molecular weight is 415 g/mol. The molecule has 4 heterocycles. The predicted molar refractivity (Wildman–Crippen MR) is 122 cm³/mol. The number of aromatic hydroxyl groups is 1. The van der Waals surface area contributed by atoms with E-state index in [-0.39, 0.29) is 5.75 Å². The second-order valence-electron chi connectivity index (χ2n) is 9.27. The van der Waals surface area contributed by atoms with E-state index in [1.807, 2.05) is 37.5 Å². The van der Waals surface area contributed by atoms with Crippen LogP contribution < -0.4 is 10.2 Å². The van der Waals surface area contributed by atoms with Crippen LogP contribution in [0.15, 0.2) is 42.6 Å². The number of hydrogen-bond acceptors (Lipinski definition) is 6. The van der Waals surface area contributed by atoms with Crippen LogP contribution >= 0.6 is 0 Å². The third-order valence-electron chi connectivity index (χ3n) is 6.60. The van der Waals surface area contributed by atoms with Crippen molar-refractivity contribution in [3.8, 4) is 17.0 Å². The van der Waals surface area contributed by atoms with Gasteiger partial charge in [-0.15, -0.1) is 0 Å². The molecule has 2 N–H and O–H groups in total. The average Bonchev–Trinajstić information content (AvgIpc) is 3.13. The molecule has 1 aromatic carbocycles. The molecule has 6 rings (SSSR count). The van der Waals surface area contributed by atoms with Crippen LogP contribution in [0.25, 0.3) is 33.2 Å². The number of phenols is 1. The standard InChI is InChI=1S/C24H26N6O/c1-24(8-9-24)27-16-7-10-30(14-16)23-6-5-19-20(26-23)4-3-18(25-19)17-11-15-13-29(2)28-21(15)12-22(17)31/h3-6,11-13,16,27,31H,7-10,14H2,1-2H3/t16-/m0/s1. The molecule has 0 bridgehead atoms. The first kappa shape index (κ1) is 18.6. The van der Waals surface area contributed by atoms with Gasteiger partial charge in [0.15, 0.2) is 0 Å². The van der Waals surface area contributed by atoms with Crippen molar-refractivity contribution < 1.29 is 5.11 Å². The summed E-state index contributed by atoms with van der Waals surface area (Å²) in [4.78, 5) is 12.0.